The highest BCUT2D eigenvalue weighted by molar-refractivity contribution is 6.08. The molecule has 0 bridgehead atoms. The van der Waals surface area contributed by atoms with Crippen molar-refractivity contribution in [2.24, 2.45) is 0 Å². The third kappa shape index (κ3) is 0.955. The van der Waals surface area contributed by atoms with Gasteiger partial charge in [-0.2, -0.15) is 0 Å². The molecule has 3 unspecified atom stereocenters. The van der Waals surface area contributed by atoms with Crippen LogP contribution in [0.15, 0.2) is 11.8 Å². The molecular formula is C9H10O9. The minimum absolute atomic E-state index is 0.227. The van der Waals surface area contributed by atoms with Crippen LogP contribution in [0.3, 0.4) is 0 Å². The van der Waals surface area contributed by atoms with Crippen LogP contribution in [0.4, 0.5) is 0 Å². The molecule has 0 spiro atoms. The van der Waals surface area contributed by atoms with Crippen molar-refractivity contribution in [2.75, 3.05) is 0 Å². The summed E-state index contributed by atoms with van der Waals surface area (Å²) in [4.78, 5) is 22.6. The van der Waals surface area contributed by atoms with Crippen LogP contribution in [0.2, 0.25) is 0 Å². The van der Waals surface area contributed by atoms with E-state index in [9.17, 15) is 40.2 Å². The second kappa shape index (κ2) is 2.90. The van der Waals surface area contributed by atoms with Gasteiger partial charge in [0.15, 0.2) is 5.60 Å². The van der Waals surface area contributed by atoms with Gasteiger partial charge in [-0.1, -0.05) is 0 Å². The van der Waals surface area contributed by atoms with E-state index in [1.54, 1.807) is 0 Å². The first kappa shape index (κ1) is 12.9. The molecule has 3 atom stereocenters. The Morgan fingerprint density at radius 1 is 1.06 bits per heavy atom. The number of carbonyl (C=O) groups is 2. The van der Waals surface area contributed by atoms with Gasteiger partial charge in [-0.15, -0.1) is 0 Å². The van der Waals surface area contributed by atoms with Crippen LogP contribution < -0.4 is 0 Å². The highest BCUT2D eigenvalue weighted by Gasteiger charge is 2.83. The molecule has 2 rings (SSSR count). The van der Waals surface area contributed by atoms with Gasteiger partial charge in [0.05, 0.1) is 0 Å². The molecule has 9 heteroatoms. The largest absolute Gasteiger partial charge is 0.509 e. The molecule has 18 heavy (non-hydrogen) atoms. The lowest BCUT2D eigenvalue weighted by atomic mass is 9.66. The number of cyclic esters (lactones) is 2. The molecule has 6 N–H and O–H groups in total. The third-order valence-electron chi connectivity index (χ3n) is 3.37. The average molecular weight is 262 g/mol. The number of aliphatic hydroxyl groups excluding tert-OH is 1. The SMILES string of the molecule is CC1(O)C(O)=CC2(O)C(=O)OC(=O)C2(O)C1(O)O. The van der Waals surface area contributed by atoms with Crippen molar-refractivity contribution in [2.45, 2.75) is 29.5 Å². The Labute approximate surface area is 99.2 Å². The van der Waals surface area contributed by atoms with Crippen molar-refractivity contribution in [1.82, 2.24) is 0 Å². The van der Waals surface area contributed by atoms with E-state index in [-0.39, 0.29) is 6.08 Å². The third-order valence-corrected chi connectivity index (χ3v) is 3.37. The fourth-order valence-corrected chi connectivity index (χ4v) is 1.98. The van der Waals surface area contributed by atoms with E-state index in [2.05, 4.69) is 4.74 Å². The number of rotatable bonds is 0. The van der Waals surface area contributed by atoms with Crippen LogP contribution >= 0.6 is 0 Å². The van der Waals surface area contributed by atoms with E-state index in [4.69, 9.17) is 0 Å². The molecule has 0 amide bonds. The number of esters is 2. The first-order valence-corrected chi connectivity index (χ1v) is 4.74. The molecule has 1 saturated heterocycles. The summed E-state index contributed by atoms with van der Waals surface area (Å²) in [6, 6.07) is 0. The number of hydrogen-bond acceptors (Lipinski definition) is 9. The van der Waals surface area contributed by atoms with Crippen LogP contribution in [-0.4, -0.2) is 65.2 Å². The average Bonchev–Trinajstić information content (AvgIpc) is 2.40. The Bertz CT molecular complexity index is 490. The van der Waals surface area contributed by atoms with E-state index in [1.807, 2.05) is 0 Å². The van der Waals surface area contributed by atoms with Gasteiger partial charge < -0.3 is 35.4 Å². The maximum Gasteiger partial charge on any atom is 0.355 e. The number of hydrogen-bond donors (Lipinski definition) is 6. The molecule has 0 aromatic carbocycles. The molecule has 0 saturated carbocycles. The summed E-state index contributed by atoms with van der Waals surface area (Å²) in [6.45, 7) is 0.659. The van der Waals surface area contributed by atoms with Crippen LogP contribution in [0, 0.1) is 0 Å². The van der Waals surface area contributed by atoms with Crippen molar-refractivity contribution >= 4 is 11.9 Å². The molecule has 0 aromatic heterocycles. The maximum atomic E-state index is 11.4. The maximum absolute atomic E-state index is 11.4. The van der Waals surface area contributed by atoms with Gasteiger partial charge in [0.25, 0.3) is 5.60 Å². The summed E-state index contributed by atoms with van der Waals surface area (Å²) in [5.74, 6) is -8.53. The molecule has 1 fully saturated rings. The molecule has 0 radical (unpaired) electrons. The van der Waals surface area contributed by atoms with E-state index >= 15 is 0 Å². The van der Waals surface area contributed by atoms with E-state index in [0.717, 1.165) is 0 Å². The summed E-state index contributed by atoms with van der Waals surface area (Å²) < 4.78 is 3.93. The van der Waals surface area contributed by atoms with Crippen LogP contribution in [0.5, 0.6) is 0 Å². The second-order valence-corrected chi connectivity index (χ2v) is 4.43. The molecule has 9 nitrogen and oxygen atoms in total. The highest BCUT2D eigenvalue weighted by Crippen LogP contribution is 2.50. The van der Waals surface area contributed by atoms with Crippen molar-refractivity contribution in [3.05, 3.63) is 11.8 Å². The Hall–Kier alpha value is -1.52. The van der Waals surface area contributed by atoms with Gasteiger partial charge in [-0.05, 0) is 6.92 Å². The molecule has 1 aliphatic heterocycles. The van der Waals surface area contributed by atoms with Crippen molar-refractivity contribution in [1.29, 1.82) is 0 Å². The summed E-state index contributed by atoms with van der Waals surface area (Å²) in [6.07, 6.45) is 0.227. The molecule has 1 heterocycles. The summed E-state index contributed by atoms with van der Waals surface area (Å²) >= 11 is 0. The first-order chi connectivity index (χ1) is 7.93. The lowest BCUT2D eigenvalue weighted by Crippen LogP contribution is -2.79. The molecule has 2 aliphatic rings. The van der Waals surface area contributed by atoms with Crippen molar-refractivity contribution in [3.63, 3.8) is 0 Å². The Balaban J connectivity index is 2.84. The number of fused-ring (bicyclic) bond motifs is 1. The topological polar surface area (TPSA) is 165 Å². The fraction of sp³-hybridized carbons (Fsp3) is 0.556. The Kier molecular flexibility index (Phi) is 2.08. The first-order valence-electron chi connectivity index (χ1n) is 4.74. The van der Waals surface area contributed by atoms with E-state index in [0.29, 0.717) is 6.92 Å². The number of aliphatic hydroxyl groups is 6. The molecular weight excluding hydrogens is 252 g/mol. The highest BCUT2D eigenvalue weighted by atomic mass is 16.6. The molecule has 100 valence electrons. The minimum atomic E-state index is -3.75. The lowest BCUT2D eigenvalue weighted by molar-refractivity contribution is -0.357. The monoisotopic (exact) mass is 262 g/mol. The van der Waals surface area contributed by atoms with Gasteiger partial charge in [0.1, 0.15) is 5.76 Å². The smallest absolute Gasteiger partial charge is 0.355 e. The standard InChI is InChI=1S/C9H10O9/c1-6(13)3(10)2-7(14)4(11)18-5(12)8(7,15)9(6,16)17/h2,10,13-17H,1H3. The summed E-state index contributed by atoms with van der Waals surface area (Å²) in [5, 5.41) is 58.3. The lowest BCUT2D eigenvalue weighted by Gasteiger charge is -2.49. The zero-order chi connectivity index (χ0) is 14.1. The zero-order valence-corrected chi connectivity index (χ0v) is 8.99. The second-order valence-electron chi connectivity index (χ2n) is 4.43. The van der Waals surface area contributed by atoms with Crippen molar-refractivity contribution < 1.29 is 45.0 Å². The van der Waals surface area contributed by atoms with E-state index in [1.165, 1.54) is 0 Å². The number of carbonyl (C=O) groups excluding carboxylic acids is 2. The van der Waals surface area contributed by atoms with Gasteiger partial charge in [-0.25, -0.2) is 9.59 Å². The molecule has 1 aliphatic carbocycles. The predicted molar refractivity (Wildman–Crippen MR) is 49.5 cm³/mol. The number of ether oxygens (including phenoxy) is 1. The summed E-state index contributed by atoms with van der Waals surface area (Å²) in [5.41, 5.74) is -9.68. The zero-order valence-electron chi connectivity index (χ0n) is 8.99. The fourth-order valence-electron chi connectivity index (χ4n) is 1.98. The van der Waals surface area contributed by atoms with E-state index < -0.39 is 40.3 Å². The predicted octanol–water partition coefficient (Wildman–Crippen LogP) is -3.58. The minimum Gasteiger partial charge on any atom is -0.509 e. The molecule has 0 aromatic rings. The normalized spacial score (nSPS) is 46.4. The quantitative estimate of drug-likeness (QED) is 0.147. The van der Waals surface area contributed by atoms with Gasteiger partial charge in [-0.3, -0.25) is 0 Å². The van der Waals surface area contributed by atoms with Gasteiger partial charge in [0, 0.05) is 6.08 Å². The summed E-state index contributed by atoms with van der Waals surface area (Å²) in [7, 11) is 0. The van der Waals surface area contributed by atoms with Gasteiger partial charge >= 0.3 is 11.9 Å². The Morgan fingerprint density at radius 2 is 1.56 bits per heavy atom. The van der Waals surface area contributed by atoms with Crippen LogP contribution in [0.1, 0.15) is 6.92 Å². The van der Waals surface area contributed by atoms with Crippen LogP contribution in [-0.2, 0) is 14.3 Å². The Morgan fingerprint density at radius 3 is 2.06 bits per heavy atom. The van der Waals surface area contributed by atoms with Crippen LogP contribution in [0.25, 0.3) is 0 Å². The van der Waals surface area contributed by atoms with Crippen molar-refractivity contribution in [3.8, 4) is 0 Å². The van der Waals surface area contributed by atoms with Gasteiger partial charge in [0.2, 0.25) is 11.4 Å².